The van der Waals surface area contributed by atoms with Gasteiger partial charge in [0.1, 0.15) is 11.5 Å². The van der Waals surface area contributed by atoms with E-state index in [1.54, 1.807) is 31.4 Å². The fraction of sp³-hybridized carbons (Fsp3) is 0.190. The van der Waals surface area contributed by atoms with E-state index in [1.807, 2.05) is 30.3 Å². The summed E-state index contributed by atoms with van der Waals surface area (Å²) in [5, 5.41) is 3.42. The molecule has 1 aromatic heterocycles. The van der Waals surface area contributed by atoms with E-state index in [0.29, 0.717) is 22.3 Å². The minimum absolute atomic E-state index is 0.175. The van der Waals surface area contributed by atoms with E-state index < -0.39 is 10.8 Å². The zero-order valence-electron chi connectivity index (χ0n) is 15.6. The van der Waals surface area contributed by atoms with Gasteiger partial charge < -0.3 is 14.5 Å². The molecule has 3 aromatic rings. The smallest absolute Gasteiger partial charge is 0.287 e. The van der Waals surface area contributed by atoms with Crippen molar-refractivity contribution in [3.8, 4) is 5.75 Å². The third kappa shape index (κ3) is 6.19. The van der Waals surface area contributed by atoms with Crippen molar-refractivity contribution in [3.63, 3.8) is 0 Å². The maximum Gasteiger partial charge on any atom is 0.287 e. The van der Waals surface area contributed by atoms with Crippen LogP contribution in [-0.4, -0.2) is 17.2 Å². The molecule has 152 valence electrons. The number of hydrogen-bond acceptors (Lipinski definition) is 4. The number of benzene rings is 2. The Hall–Kier alpha value is -2.09. The van der Waals surface area contributed by atoms with Crippen LogP contribution in [0.2, 0.25) is 5.02 Å². The van der Waals surface area contributed by atoms with E-state index in [1.165, 1.54) is 0 Å². The Morgan fingerprint density at radius 2 is 2.00 bits per heavy atom. The highest BCUT2D eigenvalue weighted by molar-refractivity contribution is 9.10. The van der Waals surface area contributed by atoms with Gasteiger partial charge in [-0.15, -0.1) is 0 Å². The van der Waals surface area contributed by atoms with Crippen molar-refractivity contribution < 1.29 is 18.2 Å². The molecule has 29 heavy (non-hydrogen) atoms. The fourth-order valence-corrected chi connectivity index (χ4v) is 4.50. The molecule has 1 heterocycles. The monoisotopic (exact) mass is 495 g/mol. The number of halogens is 2. The van der Waals surface area contributed by atoms with Gasteiger partial charge in [0.2, 0.25) is 0 Å². The summed E-state index contributed by atoms with van der Waals surface area (Å²) in [7, 11) is 0.404. The quantitative estimate of drug-likeness (QED) is 0.472. The van der Waals surface area contributed by atoms with Crippen LogP contribution in [0.1, 0.15) is 27.4 Å². The summed E-state index contributed by atoms with van der Waals surface area (Å²) >= 11 is 9.36. The van der Waals surface area contributed by atoms with Gasteiger partial charge in [-0.2, -0.15) is 0 Å². The largest absolute Gasteiger partial charge is 0.496 e. The summed E-state index contributed by atoms with van der Waals surface area (Å²) in [6.45, 7) is 0.290. The molecule has 0 aliphatic heterocycles. The molecule has 1 N–H and O–H groups in total. The molecule has 0 fully saturated rings. The average Bonchev–Trinajstić information content (AvgIpc) is 3.14. The first kappa shape index (κ1) is 21.6. The molecule has 0 radical (unpaired) electrons. The molecular weight excluding hydrogens is 478 g/mol. The van der Waals surface area contributed by atoms with Crippen molar-refractivity contribution in [2.24, 2.45) is 0 Å². The number of carbonyl (C=O) groups excluding carboxylic acids is 1. The number of methoxy groups -OCH3 is 1. The predicted octanol–water partition coefficient (Wildman–Crippen LogP) is 5.08. The summed E-state index contributed by atoms with van der Waals surface area (Å²) in [4.78, 5) is 12.4. The third-order valence-electron chi connectivity index (χ3n) is 4.09. The van der Waals surface area contributed by atoms with Gasteiger partial charge in [-0.25, -0.2) is 0 Å². The highest BCUT2D eigenvalue weighted by atomic mass is 79.9. The molecule has 3 rings (SSSR count). The second-order valence-electron chi connectivity index (χ2n) is 6.26. The zero-order valence-corrected chi connectivity index (χ0v) is 18.8. The molecule has 0 aliphatic carbocycles. The lowest BCUT2D eigenvalue weighted by Crippen LogP contribution is -2.22. The first-order valence-electron chi connectivity index (χ1n) is 8.73. The standard InChI is InChI=1S/C21H19BrClNO4S/c1-27-19-7-5-16(22)10-15(19)11-24-21(25)20-8-6-18(28-20)13-29(26)12-14-3-2-4-17(23)9-14/h2-10H,11-13H2,1H3,(H,24,25). The van der Waals surface area contributed by atoms with Crippen LogP contribution in [0.25, 0.3) is 0 Å². The lowest BCUT2D eigenvalue weighted by Gasteiger charge is -2.09. The van der Waals surface area contributed by atoms with Crippen LogP contribution in [0.15, 0.2) is 63.5 Å². The summed E-state index contributed by atoms with van der Waals surface area (Å²) < 4.78 is 24.1. The van der Waals surface area contributed by atoms with Gasteiger partial charge in [-0.05, 0) is 48.0 Å². The second kappa shape index (κ2) is 10.1. The Morgan fingerprint density at radius 3 is 2.76 bits per heavy atom. The second-order valence-corrected chi connectivity index (χ2v) is 9.07. The maximum atomic E-state index is 12.4. The van der Waals surface area contributed by atoms with Gasteiger partial charge in [0.25, 0.3) is 5.91 Å². The minimum atomic E-state index is -1.18. The zero-order chi connectivity index (χ0) is 20.8. The Balaban J connectivity index is 1.57. The van der Waals surface area contributed by atoms with Crippen LogP contribution < -0.4 is 10.1 Å². The van der Waals surface area contributed by atoms with Gasteiger partial charge in [-0.3, -0.25) is 9.00 Å². The Morgan fingerprint density at radius 1 is 1.17 bits per heavy atom. The van der Waals surface area contributed by atoms with Crippen LogP contribution in [0.3, 0.4) is 0 Å². The number of nitrogens with one attached hydrogen (secondary N) is 1. The lowest BCUT2D eigenvalue weighted by molar-refractivity contribution is 0.0921. The van der Waals surface area contributed by atoms with Crippen molar-refractivity contribution in [2.75, 3.05) is 7.11 Å². The van der Waals surface area contributed by atoms with Crippen LogP contribution in [0.4, 0.5) is 0 Å². The topological polar surface area (TPSA) is 68.5 Å². The average molecular weight is 497 g/mol. The Kier molecular flexibility index (Phi) is 7.52. The number of amides is 1. The van der Waals surface area contributed by atoms with E-state index >= 15 is 0 Å². The molecule has 0 saturated carbocycles. The third-order valence-corrected chi connectivity index (χ3v) is 6.08. The molecule has 5 nitrogen and oxygen atoms in total. The highest BCUT2D eigenvalue weighted by Crippen LogP contribution is 2.23. The van der Waals surface area contributed by atoms with Crippen molar-refractivity contribution >= 4 is 44.2 Å². The van der Waals surface area contributed by atoms with Crippen LogP contribution >= 0.6 is 27.5 Å². The number of furan rings is 1. The van der Waals surface area contributed by atoms with Crippen LogP contribution in [0.5, 0.6) is 5.75 Å². The van der Waals surface area contributed by atoms with Crippen LogP contribution in [0, 0.1) is 0 Å². The molecule has 1 unspecified atom stereocenters. The van der Waals surface area contributed by atoms with Crippen molar-refractivity contribution in [3.05, 3.63) is 86.7 Å². The molecule has 0 aliphatic rings. The van der Waals surface area contributed by atoms with Gasteiger partial charge in [0.05, 0.1) is 12.9 Å². The highest BCUT2D eigenvalue weighted by Gasteiger charge is 2.14. The van der Waals surface area contributed by atoms with Crippen molar-refractivity contribution in [1.29, 1.82) is 0 Å². The maximum absolute atomic E-state index is 12.4. The van der Waals surface area contributed by atoms with E-state index in [0.717, 1.165) is 15.6 Å². The molecule has 2 aromatic carbocycles. The SMILES string of the molecule is COc1ccc(Br)cc1CNC(=O)c1ccc(CS(=O)Cc2cccc(Cl)c2)o1. The fourth-order valence-electron chi connectivity index (χ4n) is 2.75. The summed E-state index contributed by atoms with van der Waals surface area (Å²) in [6.07, 6.45) is 0. The molecule has 8 heteroatoms. The van der Waals surface area contributed by atoms with E-state index in [-0.39, 0.29) is 24.0 Å². The van der Waals surface area contributed by atoms with Gasteiger partial charge >= 0.3 is 0 Å². The first-order chi connectivity index (χ1) is 13.9. The molecule has 0 saturated heterocycles. The van der Waals surface area contributed by atoms with Crippen molar-refractivity contribution in [1.82, 2.24) is 5.32 Å². The predicted molar refractivity (Wildman–Crippen MR) is 118 cm³/mol. The number of hydrogen-bond donors (Lipinski definition) is 1. The van der Waals surface area contributed by atoms with Crippen molar-refractivity contribution in [2.45, 2.75) is 18.1 Å². The number of rotatable bonds is 8. The summed E-state index contributed by atoms with van der Waals surface area (Å²) in [5.41, 5.74) is 1.73. The lowest BCUT2D eigenvalue weighted by atomic mass is 10.2. The normalized spacial score (nSPS) is 11.8. The summed E-state index contributed by atoms with van der Waals surface area (Å²) in [5.74, 6) is 1.60. The minimum Gasteiger partial charge on any atom is -0.496 e. The van der Waals surface area contributed by atoms with Gasteiger partial charge in [-0.1, -0.05) is 39.7 Å². The molecule has 0 bridgehead atoms. The number of ether oxygens (including phenoxy) is 1. The van der Waals surface area contributed by atoms with Crippen LogP contribution in [-0.2, 0) is 28.9 Å². The molecule has 1 amide bonds. The Bertz CT molecular complexity index is 1040. The summed E-state index contributed by atoms with van der Waals surface area (Å²) in [6, 6.07) is 16.1. The van der Waals surface area contributed by atoms with E-state index in [9.17, 15) is 9.00 Å². The van der Waals surface area contributed by atoms with E-state index in [4.69, 9.17) is 20.8 Å². The Labute approximate surface area is 185 Å². The molecule has 1 atom stereocenters. The number of carbonyl (C=O) groups is 1. The van der Waals surface area contributed by atoms with E-state index in [2.05, 4.69) is 21.2 Å². The van der Waals surface area contributed by atoms with Gasteiger partial charge in [0.15, 0.2) is 5.76 Å². The molecular formula is C21H19BrClNO4S. The molecule has 0 spiro atoms. The van der Waals surface area contributed by atoms with Gasteiger partial charge in [0, 0.05) is 38.2 Å². The first-order valence-corrected chi connectivity index (χ1v) is 11.4.